The molecule has 0 unspecified atom stereocenters. The van der Waals surface area contributed by atoms with Gasteiger partial charge in [-0.05, 0) is 65.4 Å². The third-order valence-electron chi connectivity index (χ3n) is 2.99. The predicted molar refractivity (Wildman–Crippen MR) is 87.9 cm³/mol. The number of anilines is 1. The number of rotatable bonds is 1. The summed E-state index contributed by atoms with van der Waals surface area (Å²) in [6.45, 7) is 2.04. The van der Waals surface area contributed by atoms with Crippen LogP contribution in [0.15, 0.2) is 36.4 Å². The molecule has 0 aliphatic heterocycles. The minimum atomic E-state index is 0.487. The number of nitrogen functional groups attached to an aromatic ring is 1. The molecule has 3 nitrogen and oxygen atoms in total. The average Bonchev–Trinajstić information content (AvgIpc) is 2.65. The van der Waals surface area contributed by atoms with Gasteiger partial charge in [0, 0.05) is 8.59 Å². The summed E-state index contributed by atoms with van der Waals surface area (Å²) in [5, 5.41) is 0.715. The lowest BCUT2D eigenvalue weighted by Gasteiger charge is -2.09. The van der Waals surface area contributed by atoms with E-state index in [1.54, 1.807) is 0 Å². The molecule has 2 aromatic carbocycles. The van der Waals surface area contributed by atoms with Gasteiger partial charge in [0.05, 0.1) is 16.7 Å². The molecule has 1 heterocycles. The average molecular weight is 384 g/mol. The number of aromatic nitrogens is 2. The van der Waals surface area contributed by atoms with Gasteiger partial charge in [-0.1, -0.05) is 17.7 Å². The highest BCUT2D eigenvalue weighted by atomic mass is 127. The maximum atomic E-state index is 6.06. The maximum absolute atomic E-state index is 6.06. The molecule has 3 rings (SSSR count). The largest absolute Gasteiger partial charge is 0.369 e. The molecule has 1 aromatic heterocycles. The van der Waals surface area contributed by atoms with Crippen molar-refractivity contribution >= 4 is 51.2 Å². The summed E-state index contributed by atoms with van der Waals surface area (Å²) in [6, 6.07) is 11.9. The number of imidazole rings is 1. The van der Waals surface area contributed by atoms with E-state index in [1.807, 2.05) is 41.8 Å². The number of nitrogens with two attached hydrogens (primary N) is 1. The van der Waals surface area contributed by atoms with Crippen LogP contribution in [0.3, 0.4) is 0 Å². The first-order valence-electron chi connectivity index (χ1n) is 5.76. The summed E-state index contributed by atoms with van der Waals surface area (Å²) in [5.74, 6) is 0.487. The Morgan fingerprint density at radius 3 is 2.74 bits per heavy atom. The Morgan fingerprint density at radius 2 is 2.00 bits per heavy atom. The molecule has 5 heteroatoms. The Hall–Kier alpha value is -1.27. The van der Waals surface area contributed by atoms with Crippen molar-refractivity contribution in [3.05, 3.63) is 50.6 Å². The predicted octanol–water partition coefficient (Wildman–Crippen LogP) is 4.17. The molecule has 2 N–H and O–H groups in total. The van der Waals surface area contributed by atoms with Gasteiger partial charge in [-0.15, -0.1) is 0 Å². The van der Waals surface area contributed by atoms with Crippen LogP contribution in [0.2, 0.25) is 5.02 Å². The molecule has 0 amide bonds. The van der Waals surface area contributed by atoms with Crippen molar-refractivity contribution in [2.75, 3.05) is 5.73 Å². The highest BCUT2D eigenvalue weighted by Gasteiger charge is 2.12. The molecule has 0 aliphatic rings. The molecular formula is C14H11ClIN3. The first-order valence-corrected chi connectivity index (χ1v) is 7.22. The van der Waals surface area contributed by atoms with E-state index in [-0.39, 0.29) is 0 Å². The summed E-state index contributed by atoms with van der Waals surface area (Å²) < 4.78 is 2.99. The van der Waals surface area contributed by atoms with Crippen LogP contribution in [0.25, 0.3) is 16.7 Å². The van der Waals surface area contributed by atoms with Crippen LogP contribution in [0, 0.1) is 10.5 Å². The smallest absolute Gasteiger partial charge is 0.205 e. The van der Waals surface area contributed by atoms with Crippen molar-refractivity contribution in [2.24, 2.45) is 0 Å². The molecule has 96 valence electrons. The minimum Gasteiger partial charge on any atom is -0.369 e. The van der Waals surface area contributed by atoms with Crippen LogP contribution in [0.5, 0.6) is 0 Å². The minimum absolute atomic E-state index is 0.487. The van der Waals surface area contributed by atoms with Gasteiger partial charge < -0.3 is 5.73 Å². The van der Waals surface area contributed by atoms with Crippen molar-refractivity contribution in [1.29, 1.82) is 0 Å². The van der Waals surface area contributed by atoms with Crippen LogP contribution in [0.4, 0.5) is 5.95 Å². The van der Waals surface area contributed by atoms with Gasteiger partial charge in [0.25, 0.3) is 0 Å². The lowest BCUT2D eigenvalue weighted by atomic mass is 10.2. The molecule has 0 saturated heterocycles. The van der Waals surface area contributed by atoms with Gasteiger partial charge in [-0.2, -0.15) is 0 Å². The normalized spacial score (nSPS) is 11.1. The van der Waals surface area contributed by atoms with Crippen molar-refractivity contribution < 1.29 is 0 Å². The van der Waals surface area contributed by atoms with E-state index in [4.69, 9.17) is 17.3 Å². The zero-order valence-corrected chi connectivity index (χ0v) is 13.1. The van der Waals surface area contributed by atoms with E-state index < -0.39 is 0 Å². The molecule has 0 radical (unpaired) electrons. The van der Waals surface area contributed by atoms with Crippen molar-refractivity contribution in [2.45, 2.75) is 6.92 Å². The van der Waals surface area contributed by atoms with E-state index in [2.05, 4.69) is 33.6 Å². The number of nitrogens with zero attached hydrogens (tertiary/aromatic N) is 2. The van der Waals surface area contributed by atoms with Crippen LogP contribution in [0.1, 0.15) is 5.56 Å². The number of aryl methyl sites for hydroxylation is 1. The fraction of sp³-hybridized carbons (Fsp3) is 0.0714. The Kier molecular flexibility index (Phi) is 3.14. The van der Waals surface area contributed by atoms with Gasteiger partial charge in [-0.3, -0.25) is 4.57 Å². The molecule has 0 bridgehead atoms. The standard InChI is InChI=1S/C14H11ClIN3/c1-8-2-4-13-11(6-8)18-14(17)19(13)12-5-3-9(15)7-10(12)16/h2-7H,1H3,(H2,17,18). The summed E-state index contributed by atoms with van der Waals surface area (Å²) in [5.41, 5.74) is 10.1. The molecule has 0 fully saturated rings. The maximum Gasteiger partial charge on any atom is 0.205 e. The van der Waals surface area contributed by atoms with E-state index in [1.165, 1.54) is 5.56 Å². The van der Waals surface area contributed by atoms with Crippen molar-refractivity contribution in [3.8, 4) is 5.69 Å². The quantitative estimate of drug-likeness (QED) is 0.641. The SMILES string of the molecule is Cc1ccc2c(c1)nc(N)n2-c1ccc(Cl)cc1I. The molecule has 0 atom stereocenters. The molecule has 0 saturated carbocycles. The van der Waals surface area contributed by atoms with E-state index in [0.29, 0.717) is 11.0 Å². The van der Waals surface area contributed by atoms with Gasteiger partial charge in [0.1, 0.15) is 0 Å². The fourth-order valence-electron chi connectivity index (χ4n) is 2.12. The lowest BCUT2D eigenvalue weighted by molar-refractivity contribution is 1.10. The third-order valence-corrected chi connectivity index (χ3v) is 4.09. The highest BCUT2D eigenvalue weighted by molar-refractivity contribution is 14.1. The Balaban J connectivity index is 2.33. The van der Waals surface area contributed by atoms with E-state index in [9.17, 15) is 0 Å². The molecular weight excluding hydrogens is 373 g/mol. The van der Waals surface area contributed by atoms with Gasteiger partial charge in [0.2, 0.25) is 5.95 Å². The van der Waals surface area contributed by atoms with Crippen molar-refractivity contribution in [1.82, 2.24) is 9.55 Å². The fourth-order valence-corrected chi connectivity index (χ4v) is 3.24. The second-order valence-electron chi connectivity index (χ2n) is 4.39. The number of fused-ring (bicyclic) bond motifs is 1. The number of halogens is 2. The highest BCUT2D eigenvalue weighted by Crippen LogP contribution is 2.28. The summed E-state index contributed by atoms with van der Waals surface area (Å²) in [6.07, 6.45) is 0. The van der Waals surface area contributed by atoms with Crippen LogP contribution < -0.4 is 5.73 Å². The van der Waals surface area contributed by atoms with E-state index in [0.717, 1.165) is 20.3 Å². The number of hydrogen-bond donors (Lipinski definition) is 1. The Labute approximate surface area is 129 Å². The topological polar surface area (TPSA) is 43.8 Å². The number of benzene rings is 2. The van der Waals surface area contributed by atoms with Gasteiger partial charge in [-0.25, -0.2) is 4.98 Å². The monoisotopic (exact) mass is 383 g/mol. The summed E-state index contributed by atoms with van der Waals surface area (Å²) in [7, 11) is 0. The lowest BCUT2D eigenvalue weighted by Crippen LogP contribution is -2.02. The Bertz CT molecular complexity index is 780. The van der Waals surface area contributed by atoms with Crippen LogP contribution >= 0.6 is 34.2 Å². The van der Waals surface area contributed by atoms with Crippen LogP contribution in [-0.2, 0) is 0 Å². The first kappa shape index (κ1) is 12.7. The molecule has 0 spiro atoms. The van der Waals surface area contributed by atoms with E-state index >= 15 is 0 Å². The Morgan fingerprint density at radius 1 is 1.21 bits per heavy atom. The van der Waals surface area contributed by atoms with Gasteiger partial charge in [0.15, 0.2) is 0 Å². The third kappa shape index (κ3) is 2.19. The second kappa shape index (κ2) is 4.68. The summed E-state index contributed by atoms with van der Waals surface area (Å²) in [4.78, 5) is 4.42. The first-order chi connectivity index (χ1) is 9.06. The number of hydrogen-bond acceptors (Lipinski definition) is 2. The molecule has 19 heavy (non-hydrogen) atoms. The second-order valence-corrected chi connectivity index (χ2v) is 5.99. The zero-order chi connectivity index (χ0) is 13.6. The molecule has 3 aromatic rings. The van der Waals surface area contributed by atoms with Crippen LogP contribution in [-0.4, -0.2) is 9.55 Å². The van der Waals surface area contributed by atoms with Crippen molar-refractivity contribution in [3.63, 3.8) is 0 Å². The molecule has 0 aliphatic carbocycles. The summed E-state index contributed by atoms with van der Waals surface area (Å²) >= 11 is 8.25. The zero-order valence-electron chi connectivity index (χ0n) is 10.2. The van der Waals surface area contributed by atoms with Gasteiger partial charge >= 0.3 is 0 Å².